The fourth-order valence-corrected chi connectivity index (χ4v) is 4.88. The summed E-state index contributed by atoms with van der Waals surface area (Å²) in [6.07, 6.45) is 0. The summed E-state index contributed by atoms with van der Waals surface area (Å²) < 4.78 is 7.85. The maximum Gasteiger partial charge on any atom is 0.275 e. The number of nitro benzene ring substituents is 2. The minimum atomic E-state index is -0.813. The summed E-state index contributed by atoms with van der Waals surface area (Å²) in [4.78, 5) is 49.0. The lowest BCUT2D eigenvalue weighted by molar-refractivity contribution is -0.385. The van der Waals surface area contributed by atoms with Crippen LogP contribution in [0, 0.1) is 34.1 Å². The third kappa shape index (κ3) is 4.80. The first-order valence-electron chi connectivity index (χ1n) is 12.4. The fourth-order valence-electron chi connectivity index (χ4n) is 4.88. The molecule has 13 nitrogen and oxygen atoms in total. The summed E-state index contributed by atoms with van der Waals surface area (Å²) in [5, 5.41) is 28.3. The molecule has 0 bridgehead atoms. The highest BCUT2D eigenvalue weighted by atomic mass is 16.6. The van der Waals surface area contributed by atoms with Crippen LogP contribution in [0.4, 0.5) is 11.4 Å². The van der Waals surface area contributed by atoms with Crippen LogP contribution in [0.1, 0.15) is 34.0 Å². The van der Waals surface area contributed by atoms with Gasteiger partial charge in [-0.05, 0) is 55.8 Å². The van der Waals surface area contributed by atoms with Crippen molar-refractivity contribution in [2.75, 3.05) is 7.11 Å². The van der Waals surface area contributed by atoms with Gasteiger partial charge in [0.15, 0.2) is 0 Å². The van der Waals surface area contributed by atoms with Crippen LogP contribution < -0.4 is 15.9 Å². The molecule has 41 heavy (non-hydrogen) atoms. The summed E-state index contributed by atoms with van der Waals surface area (Å²) >= 11 is 0. The van der Waals surface area contributed by atoms with Crippen LogP contribution in [0.5, 0.6) is 5.75 Å². The second-order valence-corrected chi connectivity index (χ2v) is 9.34. The van der Waals surface area contributed by atoms with E-state index in [1.165, 1.54) is 65.0 Å². The number of benzene rings is 3. The number of rotatable bonds is 8. The molecule has 0 saturated heterocycles. The smallest absolute Gasteiger partial charge is 0.275 e. The lowest BCUT2D eigenvalue weighted by atomic mass is 9.85. The molecule has 0 amide bonds. The van der Waals surface area contributed by atoms with Gasteiger partial charge in [-0.1, -0.05) is 12.1 Å². The van der Waals surface area contributed by atoms with E-state index in [0.717, 1.165) is 0 Å². The highest BCUT2D eigenvalue weighted by molar-refractivity contribution is 5.49. The Hall–Kier alpha value is -5.72. The lowest BCUT2D eigenvalue weighted by Gasteiger charge is -2.16. The minimum Gasteiger partial charge on any atom is -0.497 e. The van der Waals surface area contributed by atoms with Crippen molar-refractivity contribution < 1.29 is 14.6 Å². The molecule has 0 radical (unpaired) electrons. The second kappa shape index (κ2) is 10.4. The largest absolute Gasteiger partial charge is 0.497 e. The summed E-state index contributed by atoms with van der Waals surface area (Å²) in [7, 11) is 1.53. The van der Waals surface area contributed by atoms with Crippen molar-refractivity contribution in [2.45, 2.75) is 19.8 Å². The van der Waals surface area contributed by atoms with Gasteiger partial charge in [0, 0.05) is 41.6 Å². The SMILES string of the molecule is COc1ccc(C(c2c(C)[nH]n(-c3ccc([N+](=O)[O-])cc3)c2=O)c2c(C)[nH]n(-c3ccc([N+](=O)[O-])cc3)c2=O)cc1. The Balaban J connectivity index is 1.70. The quantitative estimate of drug-likeness (QED) is 0.212. The number of nitro groups is 2. The number of nitrogens with one attached hydrogen (secondary N) is 2. The highest BCUT2D eigenvalue weighted by Crippen LogP contribution is 2.33. The molecule has 3 aromatic carbocycles. The van der Waals surface area contributed by atoms with Crippen LogP contribution in [-0.2, 0) is 0 Å². The van der Waals surface area contributed by atoms with Gasteiger partial charge in [-0.2, -0.15) is 0 Å². The topological polar surface area (TPSA) is 171 Å². The molecular formula is C28H24N6O7. The van der Waals surface area contributed by atoms with Gasteiger partial charge in [0.2, 0.25) is 0 Å². The number of aromatic amines is 2. The number of nitrogens with zero attached hydrogens (tertiary/aromatic N) is 4. The summed E-state index contributed by atoms with van der Waals surface area (Å²) in [6.45, 7) is 3.43. The molecule has 0 fully saturated rings. The third-order valence-electron chi connectivity index (χ3n) is 6.90. The molecule has 5 aromatic rings. The molecule has 0 spiro atoms. The van der Waals surface area contributed by atoms with Crippen LogP contribution in [0.2, 0.25) is 0 Å². The molecule has 13 heteroatoms. The molecule has 0 atom stereocenters. The Morgan fingerprint density at radius 3 is 1.41 bits per heavy atom. The predicted molar refractivity (Wildman–Crippen MR) is 150 cm³/mol. The van der Waals surface area contributed by atoms with Crippen molar-refractivity contribution in [2.24, 2.45) is 0 Å². The van der Waals surface area contributed by atoms with E-state index in [2.05, 4.69) is 10.2 Å². The van der Waals surface area contributed by atoms with E-state index in [4.69, 9.17) is 4.74 Å². The Morgan fingerprint density at radius 1 is 0.683 bits per heavy atom. The number of aromatic nitrogens is 4. The summed E-state index contributed by atoms with van der Waals surface area (Å²) in [5.41, 5.74) is 1.94. The first-order chi connectivity index (χ1) is 19.6. The van der Waals surface area contributed by atoms with Gasteiger partial charge in [0.1, 0.15) is 5.75 Å². The zero-order valence-electron chi connectivity index (χ0n) is 22.2. The number of methoxy groups -OCH3 is 1. The van der Waals surface area contributed by atoms with E-state index in [9.17, 15) is 29.8 Å². The van der Waals surface area contributed by atoms with E-state index < -0.39 is 26.9 Å². The van der Waals surface area contributed by atoms with Crippen molar-refractivity contribution in [1.82, 2.24) is 19.6 Å². The van der Waals surface area contributed by atoms with E-state index in [1.54, 1.807) is 38.1 Å². The Morgan fingerprint density at radius 2 is 1.07 bits per heavy atom. The van der Waals surface area contributed by atoms with Crippen molar-refractivity contribution in [3.63, 3.8) is 0 Å². The van der Waals surface area contributed by atoms with Crippen LogP contribution in [0.25, 0.3) is 11.4 Å². The molecule has 0 unspecified atom stereocenters. The molecule has 0 saturated carbocycles. The van der Waals surface area contributed by atoms with Gasteiger partial charge in [-0.25, -0.2) is 9.36 Å². The monoisotopic (exact) mass is 556 g/mol. The van der Waals surface area contributed by atoms with E-state index in [0.29, 0.717) is 45.2 Å². The number of aryl methyl sites for hydroxylation is 2. The summed E-state index contributed by atoms with van der Waals surface area (Å²) in [5.74, 6) is -0.220. The number of hydrogen-bond acceptors (Lipinski definition) is 7. The molecule has 0 aliphatic rings. The average Bonchev–Trinajstić information content (AvgIpc) is 3.43. The van der Waals surface area contributed by atoms with Gasteiger partial charge in [0.05, 0.1) is 39.5 Å². The van der Waals surface area contributed by atoms with E-state index in [1.807, 2.05) is 0 Å². The number of non-ortho nitro benzene ring substituents is 2. The Bertz CT molecular complexity index is 1760. The first-order valence-corrected chi connectivity index (χ1v) is 12.4. The van der Waals surface area contributed by atoms with Crippen LogP contribution in [0.15, 0.2) is 82.4 Å². The molecule has 208 valence electrons. The predicted octanol–water partition coefficient (Wildman–Crippen LogP) is 4.27. The van der Waals surface area contributed by atoms with Crippen LogP contribution in [0.3, 0.4) is 0 Å². The first kappa shape index (κ1) is 26.9. The molecule has 2 N–H and O–H groups in total. The van der Waals surface area contributed by atoms with E-state index in [-0.39, 0.29) is 11.4 Å². The molecule has 2 aromatic heterocycles. The van der Waals surface area contributed by atoms with Crippen LogP contribution >= 0.6 is 0 Å². The third-order valence-corrected chi connectivity index (χ3v) is 6.90. The van der Waals surface area contributed by atoms with Gasteiger partial charge in [-0.3, -0.25) is 40.0 Å². The normalized spacial score (nSPS) is 11.1. The minimum absolute atomic E-state index is 0.115. The molecule has 5 rings (SSSR count). The zero-order chi connectivity index (χ0) is 29.4. The zero-order valence-corrected chi connectivity index (χ0v) is 22.2. The average molecular weight is 557 g/mol. The molecule has 0 aliphatic carbocycles. The van der Waals surface area contributed by atoms with Crippen LogP contribution in [-0.4, -0.2) is 36.5 Å². The summed E-state index contributed by atoms with van der Waals surface area (Å²) in [6, 6.07) is 18.1. The number of H-pyrrole nitrogens is 2. The molecular weight excluding hydrogens is 532 g/mol. The van der Waals surface area contributed by atoms with Crippen molar-refractivity contribution in [1.29, 1.82) is 0 Å². The van der Waals surface area contributed by atoms with Gasteiger partial charge in [0.25, 0.3) is 22.5 Å². The van der Waals surface area contributed by atoms with Crippen molar-refractivity contribution in [3.8, 4) is 17.1 Å². The van der Waals surface area contributed by atoms with Gasteiger partial charge in [-0.15, -0.1) is 0 Å². The second-order valence-electron chi connectivity index (χ2n) is 9.34. The van der Waals surface area contributed by atoms with Crippen molar-refractivity contribution >= 4 is 11.4 Å². The Labute approximate surface area is 231 Å². The maximum atomic E-state index is 13.9. The maximum absolute atomic E-state index is 13.9. The van der Waals surface area contributed by atoms with Crippen molar-refractivity contribution in [3.05, 3.63) is 142 Å². The number of ether oxygens (including phenoxy) is 1. The highest BCUT2D eigenvalue weighted by Gasteiger charge is 2.31. The van der Waals surface area contributed by atoms with Gasteiger partial charge < -0.3 is 4.74 Å². The van der Waals surface area contributed by atoms with E-state index >= 15 is 0 Å². The molecule has 2 heterocycles. The number of hydrogen-bond donors (Lipinski definition) is 2. The lowest BCUT2D eigenvalue weighted by Crippen LogP contribution is -2.25. The molecule has 0 aliphatic heterocycles. The fraction of sp³-hybridized carbons (Fsp3) is 0.143. The standard InChI is InChI=1S/C28H24N6O7/c1-16-24(27(35)31(29-16)19-6-10-21(11-7-19)33(37)38)26(18-4-14-23(41-3)15-5-18)25-17(2)30-32(28(25)36)20-8-12-22(13-9-20)34(39)40/h4-15,26,29-30H,1-3H3. The van der Waals surface area contributed by atoms with Gasteiger partial charge >= 0.3 is 0 Å². The Kier molecular flexibility index (Phi) is 6.85.